The number of nitrogens with zero attached hydrogens (tertiary/aromatic N) is 2. The van der Waals surface area contributed by atoms with Crippen molar-refractivity contribution in [2.24, 2.45) is 0 Å². The molecule has 0 aliphatic carbocycles. The highest BCUT2D eigenvalue weighted by atomic mass is 16.5. The Morgan fingerprint density at radius 1 is 0.966 bits per heavy atom. The van der Waals surface area contributed by atoms with E-state index in [2.05, 4.69) is 53.3 Å². The zero-order valence-corrected chi connectivity index (χ0v) is 17.8. The lowest BCUT2D eigenvalue weighted by Crippen LogP contribution is -2.50. The van der Waals surface area contributed by atoms with Crippen LogP contribution in [0.25, 0.3) is 0 Å². The molecule has 0 saturated carbocycles. The van der Waals surface area contributed by atoms with E-state index in [1.807, 2.05) is 6.07 Å². The van der Waals surface area contributed by atoms with E-state index in [1.165, 1.54) is 29.5 Å². The molecule has 0 amide bonds. The van der Waals surface area contributed by atoms with Gasteiger partial charge in [0.2, 0.25) is 0 Å². The number of rotatable bonds is 7. The van der Waals surface area contributed by atoms with Gasteiger partial charge in [-0.25, -0.2) is 10.0 Å². The standard InChI is InChI=1S/C24H32N2O3/c1-18-22-15-24(28-3)23(27-2)14-20(22)11-13-25(18)26-12-7-10-21(26)17-29-16-19-8-5-4-6-9-19/h4-6,8-9,14-15,18,21H,7,10-13,16-17H2,1-3H3/t18-,21-/m0/s1. The van der Waals surface area contributed by atoms with Gasteiger partial charge in [-0.3, -0.25) is 0 Å². The number of hydrogen-bond donors (Lipinski definition) is 0. The number of fused-ring (bicyclic) bond motifs is 1. The second-order valence-corrected chi connectivity index (χ2v) is 7.95. The van der Waals surface area contributed by atoms with Crippen molar-refractivity contribution in [3.05, 3.63) is 59.2 Å². The van der Waals surface area contributed by atoms with E-state index in [0.717, 1.165) is 37.6 Å². The number of ether oxygens (including phenoxy) is 3. The summed E-state index contributed by atoms with van der Waals surface area (Å²) in [5.41, 5.74) is 3.94. The van der Waals surface area contributed by atoms with Crippen LogP contribution in [0.2, 0.25) is 0 Å². The van der Waals surface area contributed by atoms with Crippen molar-refractivity contribution < 1.29 is 14.2 Å². The Kier molecular flexibility index (Phi) is 6.38. The van der Waals surface area contributed by atoms with Crippen LogP contribution in [-0.4, -0.2) is 50.0 Å². The lowest BCUT2D eigenvalue weighted by molar-refractivity contribution is -0.0918. The van der Waals surface area contributed by atoms with E-state index in [1.54, 1.807) is 14.2 Å². The van der Waals surface area contributed by atoms with Gasteiger partial charge in [0.05, 0.1) is 27.4 Å². The molecule has 0 N–H and O–H groups in total. The fraction of sp³-hybridized carbons (Fsp3) is 0.500. The Bertz CT molecular complexity index is 811. The molecule has 5 nitrogen and oxygen atoms in total. The van der Waals surface area contributed by atoms with Crippen molar-refractivity contribution in [1.82, 2.24) is 10.0 Å². The summed E-state index contributed by atoms with van der Waals surface area (Å²) in [7, 11) is 3.41. The molecule has 2 atom stereocenters. The van der Waals surface area contributed by atoms with Gasteiger partial charge in [-0.2, -0.15) is 0 Å². The summed E-state index contributed by atoms with van der Waals surface area (Å²) < 4.78 is 17.1. The maximum Gasteiger partial charge on any atom is 0.161 e. The largest absolute Gasteiger partial charge is 0.493 e. The Morgan fingerprint density at radius 2 is 1.72 bits per heavy atom. The van der Waals surface area contributed by atoms with Crippen LogP contribution in [0.3, 0.4) is 0 Å². The molecule has 0 spiro atoms. The third-order valence-electron chi connectivity index (χ3n) is 6.25. The number of hydrazine groups is 1. The van der Waals surface area contributed by atoms with Crippen LogP contribution in [-0.2, 0) is 17.8 Å². The summed E-state index contributed by atoms with van der Waals surface area (Å²) >= 11 is 0. The molecular weight excluding hydrogens is 364 g/mol. The number of hydrogen-bond acceptors (Lipinski definition) is 5. The smallest absolute Gasteiger partial charge is 0.161 e. The molecule has 156 valence electrons. The summed E-state index contributed by atoms with van der Waals surface area (Å²) in [4.78, 5) is 0. The average molecular weight is 397 g/mol. The SMILES string of the molecule is COc1cc2c(cc1OC)[C@H](C)N(N1CCC[C@H]1COCc1ccccc1)CC2. The quantitative estimate of drug-likeness (QED) is 0.700. The first-order chi connectivity index (χ1) is 14.2. The van der Waals surface area contributed by atoms with Gasteiger partial charge < -0.3 is 14.2 Å². The average Bonchev–Trinajstić information content (AvgIpc) is 3.22. The van der Waals surface area contributed by atoms with Gasteiger partial charge in [0.1, 0.15) is 0 Å². The fourth-order valence-corrected chi connectivity index (χ4v) is 4.70. The van der Waals surface area contributed by atoms with E-state index in [-0.39, 0.29) is 0 Å². The highest BCUT2D eigenvalue weighted by molar-refractivity contribution is 5.49. The molecule has 1 saturated heterocycles. The van der Waals surface area contributed by atoms with Crippen LogP contribution in [0.4, 0.5) is 0 Å². The Morgan fingerprint density at radius 3 is 2.48 bits per heavy atom. The molecule has 5 heteroatoms. The molecule has 0 aromatic heterocycles. The highest BCUT2D eigenvalue weighted by Crippen LogP contribution is 2.39. The number of benzene rings is 2. The highest BCUT2D eigenvalue weighted by Gasteiger charge is 2.35. The second kappa shape index (κ2) is 9.16. The predicted molar refractivity (Wildman–Crippen MR) is 114 cm³/mol. The van der Waals surface area contributed by atoms with Crippen molar-refractivity contribution in [2.75, 3.05) is 33.9 Å². The molecule has 1 fully saturated rings. The van der Waals surface area contributed by atoms with Gasteiger partial charge in [-0.15, -0.1) is 0 Å². The third kappa shape index (κ3) is 4.27. The minimum absolute atomic E-state index is 0.313. The van der Waals surface area contributed by atoms with E-state index < -0.39 is 0 Å². The maximum absolute atomic E-state index is 6.09. The van der Waals surface area contributed by atoms with Crippen LogP contribution in [0.1, 0.15) is 42.5 Å². The van der Waals surface area contributed by atoms with Crippen LogP contribution in [0.15, 0.2) is 42.5 Å². The van der Waals surface area contributed by atoms with E-state index in [9.17, 15) is 0 Å². The third-order valence-corrected chi connectivity index (χ3v) is 6.25. The van der Waals surface area contributed by atoms with Crippen molar-refractivity contribution in [2.45, 2.75) is 44.9 Å². The fourth-order valence-electron chi connectivity index (χ4n) is 4.70. The summed E-state index contributed by atoms with van der Waals surface area (Å²) in [6.45, 7) is 5.88. The predicted octanol–water partition coefficient (Wildman–Crippen LogP) is 4.22. The first-order valence-corrected chi connectivity index (χ1v) is 10.6. The molecule has 4 rings (SSSR count). The molecule has 0 radical (unpaired) electrons. The van der Waals surface area contributed by atoms with Crippen LogP contribution in [0.5, 0.6) is 11.5 Å². The second-order valence-electron chi connectivity index (χ2n) is 7.95. The molecule has 0 unspecified atom stereocenters. The van der Waals surface area contributed by atoms with Gasteiger partial charge in [0.25, 0.3) is 0 Å². The summed E-state index contributed by atoms with van der Waals surface area (Å²) in [6.07, 6.45) is 3.44. The van der Waals surface area contributed by atoms with Crippen LogP contribution >= 0.6 is 0 Å². The van der Waals surface area contributed by atoms with Crippen LogP contribution < -0.4 is 9.47 Å². The first-order valence-electron chi connectivity index (χ1n) is 10.6. The lowest BCUT2D eigenvalue weighted by atomic mass is 9.93. The van der Waals surface area contributed by atoms with Crippen molar-refractivity contribution >= 4 is 0 Å². The molecule has 29 heavy (non-hydrogen) atoms. The summed E-state index contributed by atoms with van der Waals surface area (Å²) in [6, 6.07) is 15.5. The topological polar surface area (TPSA) is 34.2 Å². The van der Waals surface area contributed by atoms with Gasteiger partial charge in [0.15, 0.2) is 11.5 Å². The molecule has 2 aromatic carbocycles. The van der Waals surface area contributed by atoms with Gasteiger partial charge in [0, 0.05) is 25.2 Å². The molecule has 2 aliphatic rings. The lowest BCUT2D eigenvalue weighted by Gasteiger charge is -2.43. The monoisotopic (exact) mass is 396 g/mol. The van der Waals surface area contributed by atoms with E-state index >= 15 is 0 Å². The Hall–Kier alpha value is -2.08. The molecular formula is C24H32N2O3. The van der Waals surface area contributed by atoms with Crippen molar-refractivity contribution in [3.63, 3.8) is 0 Å². The zero-order chi connectivity index (χ0) is 20.2. The number of methoxy groups -OCH3 is 2. The summed E-state index contributed by atoms with van der Waals surface area (Å²) in [5.74, 6) is 1.63. The summed E-state index contributed by atoms with van der Waals surface area (Å²) in [5, 5.41) is 5.09. The van der Waals surface area contributed by atoms with Gasteiger partial charge in [-0.05, 0) is 55.0 Å². The Balaban J connectivity index is 1.44. The zero-order valence-electron chi connectivity index (χ0n) is 17.8. The molecule has 2 aromatic rings. The van der Waals surface area contributed by atoms with Gasteiger partial charge in [-0.1, -0.05) is 30.3 Å². The molecule has 2 heterocycles. The van der Waals surface area contributed by atoms with Gasteiger partial charge >= 0.3 is 0 Å². The maximum atomic E-state index is 6.09. The van der Waals surface area contributed by atoms with Crippen LogP contribution in [0, 0.1) is 0 Å². The van der Waals surface area contributed by atoms with E-state index in [0.29, 0.717) is 18.7 Å². The van der Waals surface area contributed by atoms with Crippen molar-refractivity contribution in [3.8, 4) is 11.5 Å². The van der Waals surface area contributed by atoms with E-state index in [4.69, 9.17) is 14.2 Å². The normalized spacial score (nSPS) is 22.4. The van der Waals surface area contributed by atoms with Crippen molar-refractivity contribution in [1.29, 1.82) is 0 Å². The Labute approximate surface area is 174 Å². The minimum Gasteiger partial charge on any atom is -0.493 e. The molecule has 2 aliphatic heterocycles. The minimum atomic E-state index is 0.313. The first kappa shape index (κ1) is 20.2. The molecule has 0 bridgehead atoms.